The molecule has 0 aromatic carbocycles. The quantitative estimate of drug-likeness (QED) is 0.601. The van der Waals surface area contributed by atoms with Crippen LogP contribution in [0.5, 0.6) is 0 Å². The van der Waals surface area contributed by atoms with Crippen LogP contribution in [0.15, 0.2) is 0 Å². The van der Waals surface area contributed by atoms with Gasteiger partial charge in [0.1, 0.15) is 6.17 Å². The van der Waals surface area contributed by atoms with Crippen molar-refractivity contribution >= 4 is 5.97 Å². The molecule has 0 aliphatic carbocycles. The predicted molar refractivity (Wildman–Crippen MR) is 45.6 cm³/mol. The van der Waals surface area contributed by atoms with Gasteiger partial charge in [-0.1, -0.05) is 13.8 Å². The van der Waals surface area contributed by atoms with Gasteiger partial charge in [0, 0.05) is 0 Å². The fraction of sp³-hybridized carbons (Fsp3) is 0.889. The average molecular weight is 176 g/mol. The fourth-order valence-electron chi connectivity index (χ4n) is 1.07. The zero-order valence-electron chi connectivity index (χ0n) is 7.97. The van der Waals surface area contributed by atoms with Gasteiger partial charge in [0.05, 0.1) is 13.0 Å². The van der Waals surface area contributed by atoms with Gasteiger partial charge in [0.15, 0.2) is 0 Å². The van der Waals surface area contributed by atoms with Crippen LogP contribution in [0.2, 0.25) is 0 Å². The molecule has 0 heterocycles. The van der Waals surface area contributed by atoms with E-state index in [4.69, 9.17) is 0 Å². The van der Waals surface area contributed by atoms with E-state index in [2.05, 4.69) is 4.74 Å². The Morgan fingerprint density at radius 2 is 2.00 bits per heavy atom. The van der Waals surface area contributed by atoms with Gasteiger partial charge in [0.25, 0.3) is 0 Å². The summed E-state index contributed by atoms with van der Waals surface area (Å²) >= 11 is 0. The molecule has 0 amide bonds. The fourth-order valence-corrected chi connectivity index (χ4v) is 1.07. The van der Waals surface area contributed by atoms with Crippen LogP contribution in [-0.4, -0.2) is 19.3 Å². The van der Waals surface area contributed by atoms with E-state index in [1.54, 1.807) is 6.92 Å². The highest BCUT2D eigenvalue weighted by atomic mass is 19.1. The highest BCUT2D eigenvalue weighted by Crippen LogP contribution is 2.16. The van der Waals surface area contributed by atoms with Crippen LogP contribution >= 0.6 is 0 Å². The van der Waals surface area contributed by atoms with Crippen molar-refractivity contribution in [1.29, 1.82) is 0 Å². The topological polar surface area (TPSA) is 26.3 Å². The monoisotopic (exact) mass is 176 g/mol. The molecule has 0 aliphatic rings. The number of halogens is 1. The summed E-state index contributed by atoms with van der Waals surface area (Å²) in [6.07, 6.45) is 0.523. The lowest BCUT2D eigenvalue weighted by atomic mass is 9.98. The molecule has 0 saturated carbocycles. The summed E-state index contributed by atoms with van der Waals surface area (Å²) < 4.78 is 17.4. The zero-order chi connectivity index (χ0) is 9.56. The molecule has 0 N–H and O–H groups in total. The standard InChI is InChI=1S/C9H17FO2/c1-4-7(9(11)12-3)6-8(10)5-2/h7-8H,4-6H2,1-3H3. The average Bonchev–Trinajstić information content (AvgIpc) is 2.12. The normalized spacial score (nSPS) is 15.3. The van der Waals surface area contributed by atoms with Crippen molar-refractivity contribution in [3.05, 3.63) is 0 Å². The van der Waals surface area contributed by atoms with Crippen LogP contribution in [0.1, 0.15) is 33.1 Å². The minimum absolute atomic E-state index is 0.273. The van der Waals surface area contributed by atoms with Gasteiger partial charge in [0.2, 0.25) is 0 Å². The minimum atomic E-state index is -0.881. The summed E-state index contributed by atoms with van der Waals surface area (Å²) in [5, 5.41) is 0. The molecule has 2 atom stereocenters. The summed E-state index contributed by atoms with van der Waals surface area (Å²) in [5.41, 5.74) is 0. The third kappa shape index (κ3) is 3.69. The SMILES string of the molecule is CCC(F)CC(CC)C(=O)OC. The molecule has 0 aromatic heterocycles. The number of alkyl halides is 1. The molecule has 0 aliphatic heterocycles. The van der Waals surface area contributed by atoms with Gasteiger partial charge >= 0.3 is 5.97 Å². The number of rotatable bonds is 5. The van der Waals surface area contributed by atoms with Gasteiger partial charge < -0.3 is 4.74 Å². The Morgan fingerprint density at radius 3 is 2.33 bits per heavy atom. The first kappa shape index (κ1) is 11.4. The van der Waals surface area contributed by atoms with Crippen molar-refractivity contribution in [1.82, 2.24) is 0 Å². The number of hydrogen-bond donors (Lipinski definition) is 0. The van der Waals surface area contributed by atoms with Crippen LogP contribution in [-0.2, 0) is 9.53 Å². The summed E-state index contributed by atoms with van der Waals surface area (Å²) in [7, 11) is 1.34. The molecular formula is C9H17FO2. The Labute approximate surface area is 73.1 Å². The molecule has 2 nitrogen and oxygen atoms in total. The maximum Gasteiger partial charge on any atom is 0.308 e. The van der Waals surface area contributed by atoms with Crippen molar-refractivity contribution in [2.75, 3.05) is 7.11 Å². The van der Waals surface area contributed by atoms with E-state index in [0.29, 0.717) is 19.3 Å². The molecule has 12 heavy (non-hydrogen) atoms. The van der Waals surface area contributed by atoms with E-state index in [0.717, 1.165) is 0 Å². The van der Waals surface area contributed by atoms with E-state index in [1.807, 2.05) is 6.92 Å². The van der Waals surface area contributed by atoms with Gasteiger partial charge in [-0.15, -0.1) is 0 Å². The lowest BCUT2D eigenvalue weighted by Gasteiger charge is -2.13. The number of ether oxygens (including phenoxy) is 1. The summed E-state index contributed by atoms with van der Waals surface area (Å²) in [5.74, 6) is -0.571. The highest BCUT2D eigenvalue weighted by Gasteiger charge is 2.20. The second kappa shape index (κ2) is 5.98. The Hall–Kier alpha value is -0.600. The van der Waals surface area contributed by atoms with E-state index >= 15 is 0 Å². The first-order valence-corrected chi connectivity index (χ1v) is 4.37. The molecule has 3 heteroatoms. The number of methoxy groups -OCH3 is 1. The predicted octanol–water partition coefficient (Wildman–Crippen LogP) is 2.32. The second-order valence-electron chi connectivity index (χ2n) is 2.87. The van der Waals surface area contributed by atoms with E-state index in [1.165, 1.54) is 7.11 Å². The molecule has 0 aromatic rings. The van der Waals surface area contributed by atoms with Crippen LogP contribution in [0.25, 0.3) is 0 Å². The Bertz CT molecular complexity index is 136. The van der Waals surface area contributed by atoms with Crippen molar-refractivity contribution < 1.29 is 13.9 Å². The number of carbonyl (C=O) groups excluding carboxylic acids is 1. The molecule has 72 valence electrons. The molecule has 2 unspecified atom stereocenters. The molecule has 0 saturated heterocycles. The molecule has 0 bridgehead atoms. The highest BCUT2D eigenvalue weighted by molar-refractivity contribution is 5.72. The molecule has 0 rings (SSSR count). The van der Waals surface area contributed by atoms with Gasteiger partial charge in [-0.05, 0) is 19.3 Å². The van der Waals surface area contributed by atoms with Crippen molar-refractivity contribution in [3.63, 3.8) is 0 Å². The third-order valence-electron chi connectivity index (χ3n) is 2.01. The Morgan fingerprint density at radius 1 is 1.42 bits per heavy atom. The minimum Gasteiger partial charge on any atom is -0.469 e. The molecule has 0 radical (unpaired) electrons. The zero-order valence-corrected chi connectivity index (χ0v) is 7.97. The largest absolute Gasteiger partial charge is 0.469 e. The lowest BCUT2D eigenvalue weighted by molar-refractivity contribution is -0.146. The van der Waals surface area contributed by atoms with Gasteiger partial charge in [-0.2, -0.15) is 0 Å². The van der Waals surface area contributed by atoms with Gasteiger partial charge in [-0.3, -0.25) is 4.79 Å². The van der Waals surface area contributed by atoms with Crippen LogP contribution in [0, 0.1) is 5.92 Å². The first-order valence-electron chi connectivity index (χ1n) is 4.37. The molecule has 0 fully saturated rings. The van der Waals surface area contributed by atoms with Gasteiger partial charge in [-0.25, -0.2) is 4.39 Å². The summed E-state index contributed by atoms with van der Waals surface area (Å²) in [6.45, 7) is 3.64. The maximum atomic E-state index is 12.9. The van der Waals surface area contributed by atoms with Crippen molar-refractivity contribution in [2.45, 2.75) is 39.3 Å². The molecular weight excluding hydrogens is 159 g/mol. The lowest BCUT2D eigenvalue weighted by Crippen LogP contribution is -2.19. The van der Waals surface area contributed by atoms with Crippen molar-refractivity contribution in [2.24, 2.45) is 5.92 Å². The van der Waals surface area contributed by atoms with E-state index < -0.39 is 6.17 Å². The maximum absolute atomic E-state index is 12.9. The second-order valence-corrected chi connectivity index (χ2v) is 2.87. The first-order chi connectivity index (χ1) is 5.65. The number of carbonyl (C=O) groups is 1. The molecule has 0 spiro atoms. The smallest absolute Gasteiger partial charge is 0.308 e. The number of hydrogen-bond acceptors (Lipinski definition) is 2. The Balaban J connectivity index is 3.90. The van der Waals surface area contributed by atoms with E-state index in [-0.39, 0.29) is 11.9 Å². The van der Waals surface area contributed by atoms with Crippen molar-refractivity contribution in [3.8, 4) is 0 Å². The summed E-state index contributed by atoms with van der Waals surface area (Å²) in [4.78, 5) is 11.0. The number of esters is 1. The Kier molecular flexibility index (Phi) is 5.68. The van der Waals surface area contributed by atoms with Crippen LogP contribution < -0.4 is 0 Å². The third-order valence-corrected chi connectivity index (χ3v) is 2.01. The van der Waals surface area contributed by atoms with Crippen LogP contribution in [0.4, 0.5) is 4.39 Å². The van der Waals surface area contributed by atoms with Crippen LogP contribution in [0.3, 0.4) is 0 Å². The summed E-state index contributed by atoms with van der Waals surface area (Å²) in [6, 6.07) is 0. The van der Waals surface area contributed by atoms with E-state index in [9.17, 15) is 9.18 Å².